The lowest BCUT2D eigenvalue weighted by atomic mass is 9.99. The van der Waals surface area contributed by atoms with E-state index in [-0.39, 0.29) is 0 Å². The van der Waals surface area contributed by atoms with Gasteiger partial charge in [-0.1, -0.05) is 6.92 Å². The van der Waals surface area contributed by atoms with Crippen molar-refractivity contribution in [3.8, 4) is 0 Å². The molecule has 4 nitrogen and oxygen atoms in total. The second-order valence-electron chi connectivity index (χ2n) is 5.22. The fourth-order valence-corrected chi connectivity index (χ4v) is 3.81. The van der Waals surface area contributed by atoms with Gasteiger partial charge in [0.15, 0.2) is 0 Å². The van der Waals surface area contributed by atoms with Crippen LogP contribution in [0.3, 0.4) is 0 Å². The molecule has 2 bridgehead atoms. The number of fused-ring (bicyclic) bond motifs is 2. The molecule has 2 fully saturated rings. The van der Waals surface area contributed by atoms with E-state index < -0.39 is 0 Å². The quantitative estimate of drug-likeness (QED) is 0.891. The van der Waals surface area contributed by atoms with Crippen LogP contribution < -0.4 is 10.2 Å². The first-order chi connectivity index (χ1) is 8.26. The highest BCUT2D eigenvalue weighted by molar-refractivity contribution is 7.09. The van der Waals surface area contributed by atoms with Crippen molar-refractivity contribution in [3.05, 3.63) is 5.82 Å². The lowest BCUT2D eigenvalue weighted by Gasteiger charge is -2.35. The third-order valence-corrected chi connectivity index (χ3v) is 4.92. The van der Waals surface area contributed by atoms with E-state index in [1.807, 2.05) is 0 Å². The summed E-state index contributed by atoms with van der Waals surface area (Å²) in [5.74, 6) is 0.980. The number of aromatic nitrogens is 2. The van der Waals surface area contributed by atoms with E-state index in [4.69, 9.17) is 0 Å². The van der Waals surface area contributed by atoms with Crippen LogP contribution in [-0.4, -0.2) is 34.5 Å². The van der Waals surface area contributed by atoms with E-state index in [0.29, 0.717) is 6.04 Å². The van der Waals surface area contributed by atoms with E-state index in [2.05, 4.69) is 33.5 Å². The van der Waals surface area contributed by atoms with Gasteiger partial charge in [0.2, 0.25) is 5.13 Å². The van der Waals surface area contributed by atoms with Crippen LogP contribution in [0.15, 0.2) is 0 Å². The number of anilines is 1. The molecule has 0 spiro atoms. The first-order valence-electron chi connectivity index (χ1n) is 6.57. The number of piperidine rings is 1. The normalized spacial score (nSPS) is 31.8. The SMILES string of the molecule is CCc1nsc(N(C)C2CC3CCC(C2)N3)n1. The van der Waals surface area contributed by atoms with Gasteiger partial charge in [-0.2, -0.15) is 4.37 Å². The van der Waals surface area contributed by atoms with E-state index in [1.54, 1.807) is 11.5 Å². The molecular weight excluding hydrogens is 232 g/mol. The summed E-state index contributed by atoms with van der Waals surface area (Å²) in [4.78, 5) is 6.94. The topological polar surface area (TPSA) is 41.1 Å². The molecule has 2 saturated heterocycles. The molecule has 2 unspecified atom stereocenters. The number of nitrogens with zero attached hydrogens (tertiary/aromatic N) is 3. The van der Waals surface area contributed by atoms with Crippen LogP contribution in [0.4, 0.5) is 5.13 Å². The van der Waals surface area contributed by atoms with E-state index in [1.165, 1.54) is 25.7 Å². The van der Waals surface area contributed by atoms with Gasteiger partial charge >= 0.3 is 0 Å². The van der Waals surface area contributed by atoms with Crippen LogP contribution >= 0.6 is 11.5 Å². The maximum absolute atomic E-state index is 4.59. The minimum Gasteiger partial charge on any atom is -0.347 e. The average molecular weight is 252 g/mol. The molecule has 3 rings (SSSR count). The molecule has 1 N–H and O–H groups in total. The minimum absolute atomic E-state index is 0.645. The minimum atomic E-state index is 0.645. The maximum Gasteiger partial charge on any atom is 0.205 e. The Labute approximate surface area is 107 Å². The van der Waals surface area contributed by atoms with Gasteiger partial charge in [-0.25, -0.2) is 4.98 Å². The van der Waals surface area contributed by atoms with Gasteiger partial charge < -0.3 is 10.2 Å². The molecule has 0 aromatic carbocycles. The third-order valence-electron chi connectivity index (χ3n) is 4.07. The van der Waals surface area contributed by atoms with Crippen molar-refractivity contribution < 1.29 is 0 Å². The van der Waals surface area contributed by atoms with Crippen LogP contribution in [0.5, 0.6) is 0 Å². The first kappa shape index (κ1) is 11.4. The second kappa shape index (κ2) is 4.53. The summed E-state index contributed by atoms with van der Waals surface area (Å²) < 4.78 is 4.38. The van der Waals surface area contributed by atoms with E-state index >= 15 is 0 Å². The van der Waals surface area contributed by atoms with Gasteiger partial charge in [0.1, 0.15) is 5.82 Å². The molecule has 5 heteroatoms. The summed E-state index contributed by atoms with van der Waals surface area (Å²) in [5, 5.41) is 4.77. The molecule has 0 saturated carbocycles. The van der Waals surface area contributed by atoms with Gasteiger partial charge in [-0.15, -0.1) is 0 Å². The van der Waals surface area contributed by atoms with Crippen molar-refractivity contribution in [2.24, 2.45) is 0 Å². The zero-order chi connectivity index (χ0) is 11.8. The summed E-state index contributed by atoms with van der Waals surface area (Å²) in [6, 6.07) is 2.12. The largest absolute Gasteiger partial charge is 0.347 e. The van der Waals surface area contributed by atoms with Crippen molar-refractivity contribution in [3.63, 3.8) is 0 Å². The van der Waals surface area contributed by atoms with Crippen molar-refractivity contribution in [1.82, 2.24) is 14.7 Å². The Bertz CT molecular complexity index is 380. The highest BCUT2D eigenvalue weighted by atomic mass is 32.1. The maximum atomic E-state index is 4.59. The van der Waals surface area contributed by atoms with Gasteiger partial charge in [-0.3, -0.25) is 0 Å². The van der Waals surface area contributed by atoms with Crippen molar-refractivity contribution in [2.75, 3.05) is 11.9 Å². The molecule has 2 atom stereocenters. The lowest BCUT2D eigenvalue weighted by molar-refractivity contribution is 0.354. The number of aryl methyl sites for hydroxylation is 1. The fraction of sp³-hybridized carbons (Fsp3) is 0.833. The molecule has 1 aromatic heterocycles. The smallest absolute Gasteiger partial charge is 0.205 e. The van der Waals surface area contributed by atoms with Gasteiger partial charge in [0.25, 0.3) is 0 Å². The zero-order valence-electron chi connectivity index (χ0n) is 10.5. The molecule has 0 amide bonds. The number of nitrogens with one attached hydrogen (secondary N) is 1. The highest BCUT2D eigenvalue weighted by Gasteiger charge is 2.35. The Morgan fingerprint density at radius 2 is 2.06 bits per heavy atom. The predicted octanol–water partition coefficient (Wildman–Crippen LogP) is 1.82. The Hall–Kier alpha value is -0.680. The predicted molar refractivity (Wildman–Crippen MR) is 70.7 cm³/mol. The third kappa shape index (κ3) is 2.18. The summed E-state index contributed by atoms with van der Waals surface area (Å²) in [7, 11) is 2.18. The second-order valence-corrected chi connectivity index (χ2v) is 5.95. The molecule has 0 radical (unpaired) electrons. The molecule has 2 aliphatic rings. The summed E-state index contributed by atoms with van der Waals surface area (Å²) >= 11 is 1.54. The molecule has 3 heterocycles. The monoisotopic (exact) mass is 252 g/mol. The zero-order valence-corrected chi connectivity index (χ0v) is 11.3. The van der Waals surface area contributed by atoms with Crippen LogP contribution in [0.2, 0.25) is 0 Å². The van der Waals surface area contributed by atoms with E-state index in [9.17, 15) is 0 Å². The molecule has 2 aliphatic heterocycles. The Balaban J connectivity index is 1.71. The van der Waals surface area contributed by atoms with E-state index in [0.717, 1.165) is 29.5 Å². The number of hydrogen-bond donors (Lipinski definition) is 1. The Morgan fingerprint density at radius 3 is 2.65 bits per heavy atom. The number of rotatable bonds is 3. The average Bonchev–Trinajstić information content (AvgIpc) is 2.95. The highest BCUT2D eigenvalue weighted by Crippen LogP contribution is 2.31. The summed E-state index contributed by atoms with van der Waals surface area (Å²) in [5.41, 5.74) is 0. The lowest BCUT2D eigenvalue weighted by Crippen LogP contribution is -2.47. The standard InChI is InChI=1S/C12H20N4S/c1-3-11-14-12(17-15-11)16(2)10-6-8-4-5-9(7-10)13-8/h8-10,13H,3-7H2,1-2H3. The summed E-state index contributed by atoms with van der Waals surface area (Å²) in [6.45, 7) is 2.11. The van der Waals surface area contributed by atoms with Gasteiger partial charge in [0.05, 0.1) is 0 Å². The molecule has 17 heavy (non-hydrogen) atoms. The Kier molecular flexibility index (Phi) is 3.04. The molecular formula is C12H20N4S. The molecule has 1 aromatic rings. The molecule has 94 valence electrons. The van der Waals surface area contributed by atoms with Gasteiger partial charge in [0, 0.05) is 43.1 Å². The van der Waals surface area contributed by atoms with Crippen LogP contribution in [-0.2, 0) is 6.42 Å². The Morgan fingerprint density at radius 1 is 1.35 bits per heavy atom. The first-order valence-corrected chi connectivity index (χ1v) is 7.35. The van der Waals surface area contributed by atoms with Crippen LogP contribution in [0.25, 0.3) is 0 Å². The number of hydrogen-bond acceptors (Lipinski definition) is 5. The van der Waals surface area contributed by atoms with Crippen molar-refractivity contribution in [2.45, 2.75) is 57.2 Å². The van der Waals surface area contributed by atoms with Crippen molar-refractivity contribution in [1.29, 1.82) is 0 Å². The summed E-state index contributed by atoms with van der Waals surface area (Å²) in [6.07, 6.45) is 6.15. The molecule has 0 aliphatic carbocycles. The van der Waals surface area contributed by atoms with Gasteiger partial charge in [-0.05, 0) is 25.7 Å². The fourth-order valence-electron chi connectivity index (χ4n) is 3.03. The van der Waals surface area contributed by atoms with Crippen molar-refractivity contribution >= 4 is 16.7 Å². The van der Waals surface area contributed by atoms with Crippen LogP contribution in [0.1, 0.15) is 38.4 Å². The van der Waals surface area contributed by atoms with Crippen LogP contribution in [0, 0.1) is 0 Å².